The highest BCUT2D eigenvalue weighted by Gasteiger charge is 2.13. The fraction of sp³-hybridized carbons (Fsp3) is 0. The summed E-state index contributed by atoms with van der Waals surface area (Å²) in [5.74, 6) is 0. The molecule has 0 unspecified atom stereocenters. The third-order valence-electron chi connectivity index (χ3n) is 1.12. The lowest BCUT2D eigenvalue weighted by Crippen LogP contribution is -2.24. The van der Waals surface area contributed by atoms with Gasteiger partial charge in [0.25, 0.3) is 0 Å². The van der Waals surface area contributed by atoms with Crippen LogP contribution in [0.15, 0.2) is 21.7 Å². The number of hydrogen-bond donors (Lipinski definition) is 0. The summed E-state index contributed by atoms with van der Waals surface area (Å²) < 4.78 is 8.46. The zero-order valence-electron chi connectivity index (χ0n) is 5.17. The molecule has 0 saturated heterocycles. The highest BCUT2D eigenvalue weighted by atomic mass is 16.8. The summed E-state index contributed by atoms with van der Waals surface area (Å²) in [5.41, 5.74) is 0.465. The number of nitrogens with zero attached hydrogens (tertiary/aromatic N) is 4. The number of hydrogen-bond acceptors (Lipinski definition) is 6. The fourth-order valence-corrected chi connectivity index (χ4v) is 0.645. The minimum absolute atomic E-state index is 0.172. The predicted molar refractivity (Wildman–Crippen MR) is 28.8 cm³/mol. The molecule has 0 bridgehead atoms. The van der Waals surface area contributed by atoms with E-state index in [0.717, 1.165) is 0 Å². The van der Waals surface area contributed by atoms with E-state index < -0.39 is 0 Å². The highest BCUT2D eigenvalue weighted by Crippen LogP contribution is 2.07. The number of rotatable bonds is 1. The minimum atomic E-state index is 0.172. The van der Waals surface area contributed by atoms with Crippen LogP contribution < -0.4 is 4.90 Å². The molecule has 0 saturated carbocycles. The normalized spacial score (nSPS) is 10.2. The Bertz CT molecular complexity index is 340. The van der Waals surface area contributed by atoms with Crippen LogP contribution in [-0.2, 0) is 0 Å². The van der Waals surface area contributed by atoms with Gasteiger partial charge in [0.05, 0.1) is 0 Å². The van der Waals surface area contributed by atoms with Crippen molar-refractivity contribution in [2.24, 2.45) is 0 Å². The monoisotopic (exact) mass is 154 g/mol. The Hall–Kier alpha value is -1.92. The fourth-order valence-electron chi connectivity index (χ4n) is 0.645. The van der Waals surface area contributed by atoms with E-state index in [1.807, 2.05) is 0 Å². The van der Waals surface area contributed by atoms with Gasteiger partial charge in [-0.05, 0) is 10.1 Å². The molecule has 11 heavy (non-hydrogen) atoms. The van der Waals surface area contributed by atoms with Gasteiger partial charge in [-0.3, -0.25) is 4.63 Å². The first-order valence-electron chi connectivity index (χ1n) is 2.70. The quantitative estimate of drug-likeness (QED) is 0.507. The lowest BCUT2D eigenvalue weighted by Gasteiger charge is -1.85. The Morgan fingerprint density at radius 1 is 1.36 bits per heavy atom. The molecule has 0 aliphatic carbocycles. The van der Waals surface area contributed by atoms with Crippen LogP contribution in [0, 0.1) is 5.21 Å². The molecule has 7 heteroatoms. The summed E-state index contributed by atoms with van der Waals surface area (Å²) in [7, 11) is 0. The maximum atomic E-state index is 10.7. The van der Waals surface area contributed by atoms with Gasteiger partial charge in [0, 0.05) is 5.16 Å². The third kappa shape index (κ3) is 0.820. The van der Waals surface area contributed by atoms with E-state index in [9.17, 15) is 5.21 Å². The van der Waals surface area contributed by atoms with E-state index in [1.165, 1.54) is 12.4 Å². The lowest BCUT2D eigenvalue weighted by atomic mass is 10.4. The Morgan fingerprint density at radius 3 is 2.82 bits per heavy atom. The van der Waals surface area contributed by atoms with Gasteiger partial charge < -0.3 is 5.21 Å². The van der Waals surface area contributed by atoms with Crippen LogP contribution >= 0.6 is 0 Å². The molecule has 2 heterocycles. The summed E-state index contributed by atoms with van der Waals surface area (Å²) in [6.07, 6.45) is 2.52. The molecule has 0 aliphatic heterocycles. The average Bonchev–Trinajstić information content (AvgIpc) is 2.55. The van der Waals surface area contributed by atoms with Crippen molar-refractivity contribution in [2.45, 2.75) is 0 Å². The first-order chi connectivity index (χ1) is 5.38. The topological polar surface area (TPSA) is 91.9 Å². The summed E-state index contributed by atoms with van der Waals surface area (Å²) in [4.78, 5) is 0.222. The first-order valence-corrected chi connectivity index (χ1v) is 2.70. The van der Waals surface area contributed by atoms with Gasteiger partial charge in [0.1, 0.15) is 6.20 Å². The van der Waals surface area contributed by atoms with Crippen LogP contribution in [0.5, 0.6) is 0 Å². The highest BCUT2D eigenvalue weighted by molar-refractivity contribution is 5.45. The standard InChI is InChI=1S/C4H2N4O3/c9-8-4(2-6-11-8)3-1-5-10-7-3/h1-2H. The maximum Gasteiger partial charge on any atom is 0.249 e. The summed E-state index contributed by atoms with van der Waals surface area (Å²) in [6, 6.07) is 0. The summed E-state index contributed by atoms with van der Waals surface area (Å²) >= 11 is 0. The Morgan fingerprint density at radius 2 is 2.27 bits per heavy atom. The molecule has 0 spiro atoms. The van der Waals surface area contributed by atoms with E-state index >= 15 is 0 Å². The van der Waals surface area contributed by atoms with Gasteiger partial charge in [0.15, 0.2) is 5.69 Å². The van der Waals surface area contributed by atoms with Gasteiger partial charge >= 0.3 is 0 Å². The van der Waals surface area contributed by atoms with Crippen molar-refractivity contribution in [3.05, 3.63) is 17.6 Å². The first kappa shape index (κ1) is 5.83. The van der Waals surface area contributed by atoms with Crippen molar-refractivity contribution in [1.29, 1.82) is 0 Å². The van der Waals surface area contributed by atoms with Gasteiger partial charge in [-0.2, -0.15) is 0 Å². The third-order valence-corrected chi connectivity index (χ3v) is 1.12. The van der Waals surface area contributed by atoms with Crippen LogP contribution in [0.3, 0.4) is 0 Å². The van der Waals surface area contributed by atoms with Crippen molar-refractivity contribution in [1.82, 2.24) is 15.5 Å². The van der Waals surface area contributed by atoms with E-state index in [2.05, 4.69) is 24.7 Å². The molecule has 0 aliphatic rings. The van der Waals surface area contributed by atoms with Crippen LogP contribution in [0.4, 0.5) is 0 Å². The molecule has 0 radical (unpaired) electrons. The average molecular weight is 154 g/mol. The smallest absolute Gasteiger partial charge is 0.249 e. The largest absolute Gasteiger partial charge is 0.359 e. The Kier molecular flexibility index (Phi) is 1.08. The van der Waals surface area contributed by atoms with Crippen LogP contribution in [0.25, 0.3) is 11.4 Å². The van der Waals surface area contributed by atoms with Crippen molar-refractivity contribution >= 4 is 0 Å². The zero-order chi connectivity index (χ0) is 7.68. The molecule has 0 aromatic carbocycles. The maximum absolute atomic E-state index is 10.7. The SMILES string of the molecule is [O-][n+]1oncc1-c1cnon1. The second-order valence-electron chi connectivity index (χ2n) is 1.75. The summed E-state index contributed by atoms with van der Waals surface area (Å²) in [6.45, 7) is 0. The van der Waals surface area contributed by atoms with Gasteiger partial charge in [-0.25, -0.2) is 4.63 Å². The molecule has 2 aromatic rings. The van der Waals surface area contributed by atoms with E-state index in [4.69, 9.17) is 0 Å². The molecular weight excluding hydrogens is 152 g/mol. The van der Waals surface area contributed by atoms with E-state index in [0.29, 0.717) is 5.69 Å². The van der Waals surface area contributed by atoms with E-state index in [1.54, 1.807) is 0 Å². The summed E-state index contributed by atoms with van der Waals surface area (Å²) in [5, 5.41) is 20.7. The van der Waals surface area contributed by atoms with Crippen molar-refractivity contribution in [3.63, 3.8) is 0 Å². The molecular formula is C4H2N4O3. The van der Waals surface area contributed by atoms with Crippen molar-refractivity contribution < 1.29 is 14.2 Å². The van der Waals surface area contributed by atoms with Crippen LogP contribution in [0.1, 0.15) is 0 Å². The molecule has 7 nitrogen and oxygen atoms in total. The second kappa shape index (κ2) is 2.04. The molecule has 56 valence electrons. The molecule has 0 amide bonds. The second-order valence-corrected chi connectivity index (χ2v) is 1.75. The van der Waals surface area contributed by atoms with Gasteiger partial charge in [-0.15, -0.1) is 0 Å². The Balaban J connectivity index is 2.53. The zero-order valence-corrected chi connectivity index (χ0v) is 5.17. The lowest BCUT2D eigenvalue weighted by molar-refractivity contribution is -0.793. The molecule has 0 atom stereocenters. The Labute approximate surface area is 59.7 Å². The van der Waals surface area contributed by atoms with E-state index in [-0.39, 0.29) is 10.6 Å². The molecule has 0 fully saturated rings. The van der Waals surface area contributed by atoms with Crippen LogP contribution in [0.2, 0.25) is 0 Å². The van der Waals surface area contributed by atoms with Crippen molar-refractivity contribution in [2.75, 3.05) is 0 Å². The van der Waals surface area contributed by atoms with Gasteiger partial charge in [-0.1, -0.05) is 5.16 Å². The number of aromatic nitrogens is 4. The molecule has 2 rings (SSSR count). The van der Waals surface area contributed by atoms with Gasteiger partial charge in [0.2, 0.25) is 11.9 Å². The molecule has 2 aromatic heterocycles. The molecule has 0 N–H and O–H groups in total. The minimum Gasteiger partial charge on any atom is -0.359 e. The predicted octanol–water partition coefficient (Wildman–Crippen LogP) is -0.642. The van der Waals surface area contributed by atoms with Crippen LogP contribution in [-0.4, -0.2) is 15.5 Å². The van der Waals surface area contributed by atoms with Crippen molar-refractivity contribution in [3.8, 4) is 11.4 Å².